The van der Waals surface area contributed by atoms with Crippen LogP contribution in [0.25, 0.3) is 10.8 Å². The predicted octanol–water partition coefficient (Wildman–Crippen LogP) is 4.87. The first-order valence-electron chi connectivity index (χ1n) is 9.44. The number of hydrogen-bond donors (Lipinski definition) is 1. The summed E-state index contributed by atoms with van der Waals surface area (Å²) < 4.78 is 0. The van der Waals surface area contributed by atoms with Crippen molar-refractivity contribution < 1.29 is 0 Å². The summed E-state index contributed by atoms with van der Waals surface area (Å²) in [6, 6.07) is 13.4. The molecule has 0 aliphatic heterocycles. The number of unbranched alkanes of at least 4 members (excludes halogenated alkanes) is 1. The highest BCUT2D eigenvalue weighted by Crippen LogP contribution is 2.35. The number of nitrogens with one attached hydrogen (secondary N) is 1. The van der Waals surface area contributed by atoms with Crippen molar-refractivity contribution in [2.75, 3.05) is 27.2 Å². The summed E-state index contributed by atoms with van der Waals surface area (Å²) in [6.45, 7) is 5.27. The van der Waals surface area contributed by atoms with E-state index in [1.807, 2.05) is 0 Å². The van der Waals surface area contributed by atoms with E-state index in [0.29, 0.717) is 5.92 Å². The van der Waals surface area contributed by atoms with Gasteiger partial charge in [-0.3, -0.25) is 0 Å². The van der Waals surface area contributed by atoms with Crippen molar-refractivity contribution in [1.82, 2.24) is 10.2 Å². The maximum Gasteiger partial charge on any atom is 0.0250 e. The lowest BCUT2D eigenvalue weighted by Gasteiger charge is -2.22. The minimum absolute atomic E-state index is 0.398. The quantitative estimate of drug-likeness (QED) is 0.693. The van der Waals surface area contributed by atoms with Crippen LogP contribution in [-0.2, 0) is 6.54 Å². The fourth-order valence-electron chi connectivity index (χ4n) is 3.69. The Balaban J connectivity index is 1.96. The monoisotopic (exact) mass is 334 g/mol. The molecule has 0 saturated carbocycles. The smallest absolute Gasteiger partial charge is 0.0250 e. The van der Waals surface area contributed by atoms with Gasteiger partial charge in [0.2, 0.25) is 0 Å². The van der Waals surface area contributed by atoms with Crippen LogP contribution in [0.3, 0.4) is 0 Å². The molecule has 3 rings (SSSR count). The molecular formula is C23H30N2. The van der Waals surface area contributed by atoms with Crippen LogP contribution in [0.2, 0.25) is 0 Å². The first-order valence-corrected chi connectivity index (χ1v) is 9.44. The highest BCUT2D eigenvalue weighted by molar-refractivity contribution is 5.87. The predicted molar refractivity (Wildman–Crippen MR) is 109 cm³/mol. The summed E-state index contributed by atoms with van der Waals surface area (Å²) in [7, 11) is 4.29. The van der Waals surface area contributed by atoms with Crippen LogP contribution in [0.1, 0.15) is 36.8 Å². The molecule has 2 nitrogen and oxygen atoms in total. The van der Waals surface area contributed by atoms with Crippen LogP contribution in [-0.4, -0.2) is 32.1 Å². The van der Waals surface area contributed by atoms with Gasteiger partial charge in [0.1, 0.15) is 0 Å². The third kappa shape index (κ3) is 4.20. The van der Waals surface area contributed by atoms with Crippen LogP contribution in [0.4, 0.5) is 0 Å². The molecule has 0 bridgehead atoms. The molecule has 1 unspecified atom stereocenters. The van der Waals surface area contributed by atoms with Crippen LogP contribution < -0.4 is 5.32 Å². The van der Waals surface area contributed by atoms with Gasteiger partial charge in [0.15, 0.2) is 0 Å². The van der Waals surface area contributed by atoms with E-state index >= 15 is 0 Å². The number of allylic oxidation sites excluding steroid dienone is 3. The summed E-state index contributed by atoms with van der Waals surface area (Å²) in [5.41, 5.74) is 4.38. The van der Waals surface area contributed by atoms with Gasteiger partial charge in [-0.15, -0.1) is 0 Å². The SMILES string of the molecule is CCCCNCc1c(C2C=CC=C2CN(C)C)ccc2ccccc12. The summed E-state index contributed by atoms with van der Waals surface area (Å²) in [5.74, 6) is 0.398. The number of likely N-dealkylation sites (N-methyl/N-ethyl adjacent to an activating group) is 1. The number of fused-ring (bicyclic) bond motifs is 1. The fourth-order valence-corrected chi connectivity index (χ4v) is 3.69. The van der Waals surface area contributed by atoms with Gasteiger partial charge in [-0.25, -0.2) is 0 Å². The molecule has 0 radical (unpaired) electrons. The lowest BCUT2D eigenvalue weighted by Crippen LogP contribution is -2.20. The Morgan fingerprint density at radius 2 is 1.92 bits per heavy atom. The van der Waals surface area contributed by atoms with Crippen molar-refractivity contribution in [2.24, 2.45) is 0 Å². The van der Waals surface area contributed by atoms with Crippen molar-refractivity contribution in [1.29, 1.82) is 0 Å². The van der Waals surface area contributed by atoms with Crippen molar-refractivity contribution in [2.45, 2.75) is 32.2 Å². The molecule has 0 spiro atoms. The number of benzene rings is 2. The Kier molecular flexibility index (Phi) is 6.06. The normalized spacial score (nSPS) is 16.8. The Hall–Kier alpha value is -1.90. The minimum Gasteiger partial charge on any atom is -0.313 e. The Morgan fingerprint density at radius 1 is 1.08 bits per heavy atom. The van der Waals surface area contributed by atoms with Gasteiger partial charge >= 0.3 is 0 Å². The highest BCUT2D eigenvalue weighted by Gasteiger charge is 2.21. The zero-order chi connectivity index (χ0) is 17.6. The van der Waals surface area contributed by atoms with Crippen LogP contribution in [0.15, 0.2) is 60.2 Å². The second-order valence-electron chi connectivity index (χ2n) is 7.23. The van der Waals surface area contributed by atoms with Crippen molar-refractivity contribution in [3.8, 4) is 0 Å². The molecule has 0 heterocycles. The summed E-state index contributed by atoms with van der Waals surface area (Å²) in [4.78, 5) is 2.26. The Bertz CT molecular complexity index is 771. The Labute approximate surface area is 152 Å². The van der Waals surface area contributed by atoms with Crippen LogP contribution >= 0.6 is 0 Å². The molecule has 1 atom stereocenters. The van der Waals surface area contributed by atoms with E-state index in [2.05, 4.69) is 85.9 Å². The minimum atomic E-state index is 0.398. The second-order valence-corrected chi connectivity index (χ2v) is 7.23. The number of hydrogen-bond acceptors (Lipinski definition) is 2. The van der Waals surface area contributed by atoms with Crippen LogP contribution in [0, 0.1) is 0 Å². The van der Waals surface area contributed by atoms with Gasteiger partial charge in [0.25, 0.3) is 0 Å². The largest absolute Gasteiger partial charge is 0.313 e. The lowest BCUT2D eigenvalue weighted by atomic mass is 9.87. The van der Waals surface area contributed by atoms with Gasteiger partial charge in [0.05, 0.1) is 0 Å². The molecule has 0 saturated heterocycles. The first kappa shape index (κ1) is 17.9. The maximum atomic E-state index is 3.66. The van der Waals surface area contributed by atoms with E-state index in [1.54, 1.807) is 0 Å². The highest BCUT2D eigenvalue weighted by atomic mass is 15.0. The molecule has 25 heavy (non-hydrogen) atoms. The molecule has 1 aliphatic carbocycles. The van der Waals surface area contributed by atoms with Gasteiger partial charge < -0.3 is 10.2 Å². The van der Waals surface area contributed by atoms with Gasteiger partial charge in [-0.05, 0) is 54.5 Å². The topological polar surface area (TPSA) is 15.3 Å². The van der Waals surface area contributed by atoms with Crippen molar-refractivity contribution in [3.05, 3.63) is 71.3 Å². The molecule has 0 amide bonds. The number of nitrogens with zero attached hydrogens (tertiary/aromatic N) is 1. The zero-order valence-electron chi connectivity index (χ0n) is 15.8. The average molecular weight is 335 g/mol. The molecule has 0 aromatic heterocycles. The lowest BCUT2D eigenvalue weighted by molar-refractivity contribution is 0.439. The van der Waals surface area contributed by atoms with Gasteiger partial charge in [-0.1, -0.05) is 68.0 Å². The maximum absolute atomic E-state index is 3.66. The summed E-state index contributed by atoms with van der Waals surface area (Å²) in [6.07, 6.45) is 9.31. The molecule has 0 fully saturated rings. The van der Waals surface area contributed by atoms with E-state index in [9.17, 15) is 0 Å². The molecule has 132 valence electrons. The van der Waals surface area contributed by atoms with E-state index in [-0.39, 0.29) is 0 Å². The van der Waals surface area contributed by atoms with Crippen molar-refractivity contribution >= 4 is 10.8 Å². The van der Waals surface area contributed by atoms with E-state index < -0.39 is 0 Å². The molecule has 2 heteroatoms. The first-order chi connectivity index (χ1) is 12.2. The van der Waals surface area contributed by atoms with E-state index in [4.69, 9.17) is 0 Å². The summed E-state index contributed by atoms with van der Waals surface area (Å²) >= 11 is 0. The third-order valence-corrected chi connectivity index (χ3v) is 4.93. The van der Waals surface area contributed by atoms with Gasteiger partial charge in [-0.2, -0.15) is 0 Å². The second kappa shape index (κ2) is 8.46. The molecule has 2 aromatic rings. The molecule has 2 aromatic carbocycles. The van der Waals surface area contributed by atoms with E-state index in [0.717, 1.165) is 19.6 Å². The Morgan fingerprint density at radius 3 is 2.72 bits per heavy atom. The van der Waals surface area contributed by atoms with E-state index in [1.165, 1.54) is 40.3 Å². The fraction of sp³-hybridized carbons (Fsp3) is 0.391. The van der Waals surface area contributed by atoms with Gasteiger partial charge in [0, 0.05) is 19.0 Å². The molecule has 1 N–H and O–H groups in total. The number of rotatable bonds is 8. The average Bonchev–Trinajstić information content (AvgIpc) is 3.05. The third-order valence-electron chi connectivity index (χ3n) is 4.93. The molecular weight excluding hydrogens is 304 g/mol. The van der Waals surface area contributed by atoms with Crippen LogP contribution in [0.5, 0.6) is 0 Å². The standard InChI is InChI=1S/C23H30N2/c1-4-5-15-24-16-23-20-11-7-6-9-18(20)13-14-22(23)21-12-8-10-19(21)17-25(2)3/h6-14,21,24H,4-5,15-17H2,1-3H3. The zero-order valence-corrected chi connectivity index (χ0v) is 15.8. The molecule has 1 aliphatic rings. The van der Waals surface area contributed by atoms with Crippen molar-refractivity contribution in [3.63, 3.8) is 0 Å². The summed E-state index contributed by atoms with van der Waals surface area (Å²) in [5, 5.41) is 6.38.